The summed E-state index contributed by atoms with van der Waals surface area (Å²) in [6, 6.07) is 9.30. The van der Waals surface area contributed by atoms with Gasteiger partial charge in [-0.3, -0.25) is 9.69 Å². The number of hydrogen-bond donors (Lipinski definition) is 0. The van der Waals surface area contributed by atoms with Crippen molar-refractivity contribution in [3.63, 3.8) is 0 Å². The Bertz CT molecular complexity index is 769. The number of nitrogens with zero attached hydrogens (tertiary/aromatic N) is 3. The monoisotopic (exact) mass is 383 g/mol. The van der Waals surface area contributed by atoms with Crippen LogP contribution in [0.15, 0.2) is 29.6 Å². The van der Waals surface area contributed by atoms with Gasteiger partial charge in [0.1, 0.15) is 10.7 Å². The standard InChI is InChI=1S/C22H29N3OS/c1-16(2)17-7-9-18(10-8-17)21-23-20(15-27-21)22(26)25-13-11-24(12-14-25)19-5-3-4-6-19/h7-10,15-16,19H,3-6,11-14H2,1-2H3. The zero-order valence-corrected chi connectivity index (χ0v) is 17.2. The van der Waals surface area contributed by atoms with Crippen molar-refractivity contribution in [2.24, 2.45) is 0 Å². The van der Waals surface area contributed by atoms with E-state index in [4.69, 9.17) is 0 Å². The number of carbonyl (C=O) groups excluding carboxylic acids is 1. The Hall–Kier alpha value is -1.72. The molecule has 5 heteroatoms. The number of aromatic nitrogens is 1. The molecule has 1 aromatic heterocycles. The Kier molecular flexibility index (Phi) is 5.60. The molecule has 1 aliphatic carbocycles. The van der Waals surface area contributed by atoms with Gasteiger partial charge in [-0.2, -0.15) is 0 Å². The third-order valence-corrected chi connectivity index (χ3v) is 6.88. The highest BCUT2D eigenvalue weighted by atomic mass is 32.1. The van der Waals surface area contributed by atoms with E-state index in [0.29, 0.717) is 11.6 Å². The molecular weight excluding hydrogens is 354 g/mol. The molecule has 2 aromatic rings. The second-order valence-electron chi connectivity index (χ2n) is 8.08. The molecule has 0 unspecified atom stereocenters. The predicted octanol–water partition coefficient (Wildman–Crippen LogP) is 4.63. The Labute approximate surface area is 166 Å². The minimum absolute atomic E-state index is 0.0855. The van der Waals surface area contributed by atoms with Gasteiger partial charge in [-0.05, 0) is 24.3 Å². The van der Waals surface area contributed by atoms with E-state index in [1.807, 2.05) is 10.3 Å². The molecule has 4 rings (SSSR count). The summed E-state index contributed by atoms with van der Waals surface area (Å²) in [5.74, 6) is 0.609. The van der Waals surface area contributed by atoms with Crippen LogP contribution < -0.4 is 0 Å². The molecule has 1 saturated carbocycles. The van der Waals surface area contributed by atoms with Gasteiger partial charge in [0.25, 0.3) is 5.91 Å². The summed E-state index contributed by atoms with van der Waals surface area (Å²) in [5, 5.41) is 2.84. The van der Waals surface area contributed by atoms with Crippen molar-refractivity contribution in [3.05, 3.63) is 40.9 Å². The largest absolute Gasteiger partial charge is 0.335 e. The van der Waals surface area contributed by atoms with Gasteiger partial charge < -0.3 is 4.90 Å². The third kappa shape index (κ3) is 4.09. The maximum Gasteiger partial charge on any atom is 0.273 e. The number of rotatable bonds is 4. The normalized spacial score (nSPS) is 19.1. The lowest BCUT2D eigenvalue weighted by Gasteiger charge is -2.37. The first-order valence-electron chi connectivity index (χ1n) is 10.2. The summed E-state index contributed by atoms with van der Waals surface area (Å²) in [6.07, 6.45) is 5.39. The van der Waals surface area contributed by atoms with Gasteiger partial charge in [0.15, 0.2) is 0 Å². The second kappa shape index (κ2) is 8.11. The van der Waals surface area contributed by atoms with E-state index in [0.717, 1.165) is 42.8 Å². The van der Waals surface area contributed by atoms with E-state index in [2.05, 4.69) is 48.0 Å². The van der Waals surface area contributed by atoms with Crippen molar-refractivity contribution in [1.29, 1.82) is 0 Å². The van der Waals surface area contributed by atoms with Crippen LogP contribution in [0.3, 0.4) is 0 Å². The minimum Gasteiger partial charge on any atom is -0.335 e. The van der Waals surface area contributed by atoms with Crippen molar-refractivity contribution < 1.29 is 4.79 Å². The predicted molar refractivity (Wildman–Crippen MR) is 111 cm³/mol. The summed E-state index contributed by atoms with van der Waals surface area (Å²) in [5.41, 5.74) is 3.01. The molecule has 27 heavy (non-hydrogen) atoms. The molecule has 2 heterocycles. The molecule has 2 fully saturated rings. The SMILES string of the molecule is CC(C)c1ccc(-c2nc(C(=O)N3CCN(C4CCCC4)CC3)cs2)cc1. The van der Waals surface area contributed by atoms with E-state index in [-0.39, 0.29) is 5.91 Å². The first-order valence-corrected chi connectivity index (χ1v) is 11.1. The maximum absolute atomic E-state index is 12.9. The van der Waals surface area contributed by atoms with Gasteiger partial charge >= 0.3 is 0 Å². The molecule has 0 bridgehead atoms. The smallest absolute Gasteiger partial charge is 0.273 e. The fourth-order valence-electron chi connectivity index (χ4n) is 4.24. The highest BCUT2D eigenvalue weighted by Gasteiger charge is 2.29. The van der Waals surface area contributed by atoms with Crippen LogP contribution in [0.2, 0.25) is 0 Å². The van der Waals surface area contributed by atoms with Crippen molar-refractivity contribution in [2.75, 3.05) is 26.2 Å². The molecule has 0 N–H and O–H groups in total. The van der Waals surface area contributed by atoms with E-state index in [1.54, 1.807) is 11.3 Å². The maximum atomic E-state index is 12.9. The molecule has 144 valence electrons. The molecular formula is C22H29N3OS. The highest BCUT2D eigenvalue weighted by molar-refractivity contribution is 7.13. The van der Waals surface area contributed by atoms with Crippen LogP contribution in [0, 0.1) is 0 Å². The Balaban J connectivity index is 1.38. The van der Waals surface area contributed by atoms with Crippen LogP contribution in [0.1, 0.15) is 61.5 Å². The second-order valence-corrected chi connectivity index (χ2v) is 8.94. The average Bonchev–Trinajstić information content (AvgIpc) is 3.40. The number of piperazine rings is 1. The molecule has 1 aromatic carbocycles. The van der Waals surface area contributed by atoms with Gasteiger partial charge in [-0.15, -0.1) is 11.3 Å². The van der Waals surface area contributed by atoms with E-state index in [1.165, 1.54) is 31.2 Å². The van der Waals surface area contributed by atoms with Gasteiger partial charge in [0, 0.05) is 43.2 Å². The zero-order chi connectivity index (χ0) is 18.8. The minimum atomic E-state index is 0.0855. The molecule has 1 amide bonds. The van der Waals surface area contributed by atoms with Crippen LogP contribution in [-0.2, 0) is 0 Å². The van der Waals surface area contributed by atoms with Crippen LogP contribution in [0.25, 0.3) is 10.6 Å². The fourth-order valence-corrected chi connectivity index (χ4v) is 5.04. The molecule has 2 aliphatic rings. The van der Waals surface area contributed by atoms with Gasteiger partial charge in [-0.25, -0.2) is 4.98 Å². The third-order valence-electron chi connectivity index (χ3n) is 5.99. The topological polar surface area (TPSA) is 36.4 Å². The Morgan fingerprint density at radius 1 is 1.07 bits per heavy atom. The summed E-state index contributed by atoms with van der Waals surface area (Å²) in [4.78, 5) is 22.1. The fraction of sp³-hybridized carbons (Fsp3) is 0.545. The van der Waals surface area contributed by atoms with E-state index < -0.39 is 0 Å². The van der Waals surface area contributed by atoms with E-state index in [9.17, 15) is 4.79 Å². The highest BCUT2D eigenvalue weighted by Crippen LogP contribution is 2.27. The van der Waals surface area contributed by atoms with Crippen molar-refractivity contribution in [2.45, 2.75) is 51.5 Å². The van der Waals surface area contributed by atoms with Crippen LogP contribution in [0.4, 0.5) is 0 Å². The lowest BCUT2D eigenvalue weighted by atomic mass is 10.0. The van der Waals surface area contributed by atoms with Gasteiger partial charge in [0.2, 0.25) is 0 Å². The van der Waals surface area contributed by atoms with Crippen LogP contribution in [-0.4, -0.2) is 52.9 Å². The molecule has 4 nitrogen and oxygen atoms in total. The number of hydrogen-bond acceptors (Lipinski definition) is 4. The molecule has 0 spiro atoms. The molecule has 1 aliphatic heterocycles. The number of benzene rings is 1. The Morgan fingerprint density at radius 2 is 1.74 bits per heavy atom. The average molecular weight is 384 g/mol. The van der Waals surface area contributed by atoms with Crippen molar-refractivity contribution in [3.8, 4) is 10.6 Å². The lowest BCUT2D eigenvalue weighted by molar-refractivity contribution is 0.0569. The zero-order valence-electron chi connectivity index (χ0n) is 16.4. The van der Waals surface area contributed by atoms with Gasteiger partial charge in [0.05, 0.1) is 0 Å². The van der Waals surface area contributed by atoms with Crippen molar-refractivity contribution >= 4 is 17.2 Å². The molecule has 0 atom stereocenters. The molecule has 1 saturated heterocycles. The summed E-state index contributed by atoms with van der Waals surface area (Å²) < 4.78 is 0. The van der Waals surface area contributed by atoms with Crippen molar-refractivity contribution in [1.82, 2.24) is 14.8 Å². The van der Waals surface area contributed by atoms with Crippen LogP contribution in [0.5, 0.6) is 0 Å². The summed E-state index contributed by atoms with van der Waals surface area (Å²) in [6.45, 7) is 8.05. The summed E-state index contributed by atoms with van der Waals surface area (Å²) >= 11 is 1.56. The summed E-state index contributed by atoms with van der Waals surface area (Å²) in [7, 11) is 0. The van der Waals surface area contributed by atoms with Gasteiger partial charge in [-0.1, -0.05) is 51.0 Å². The number of amides is 1. The van der Waals surface area contributed by atoms with Crippen LogP contribution >= 0.6 is 11.3 Å². The number of thiazole rings is 1. The first-order chi connectivity index (χ1) is 13.1. The Morgan fingerprint density at radius 3 is 2.37 bits per heavy atom. The quantitative estimate of drug-likeness (QED) is 0.772. The lowest BCUT2D eigenvalue weighted by Crippen LogP contribution is -2.51. The number of carbonyl (C=O) groups is 1. The molecule has 0 radical (unpaired) electrons. The first kappa shape index (κ1) is 18.6. The van der Waals surface area contributed by atoms with E-state index >= 15 is 0 Å².